The summed E-state index contributed by atoms with van der Waals surface area (Å²) in [5, 5.41) is 6.22. The van der Waals surface area contributed by atoms with E-state index in [1.54, 1.807) is 0 Å². The maximum atomic E-state index is 5.89. The zero-order chi connectivity index (χ0) is 12.1. The molecular weight excluding hydrogens is 220 g/mol. The molecule has 0 amide bonds. The average Bonchev–Trinajstić information content (AvgIpc) is 2.81. The molecule has 18 heavy (non-hydrogen) atoms. The van der Waals surface area contributed by atoms with Crippen LogP contribution >= 0.6 is 0 Å². The SMILES string of the molecule is Cc1cc2c3ccccc3c3ccccc3c2o1. The lowest BCUT2D eigenvalue weighted by Crippen LogP contribution is -1.78. The Morgan fingerprint density at radius 3 is 1.83 bits per heavy atom. The summed E-state index contributed by atoms with van der Waals surface area (Å²) in [6.07, 6.45) is 0. The van der Waals surface area contributed by atoms with E-state index in [0.717, 1.165) is 11.3 Å². The van der Waals surface area contributed by atoms with E-state index in [-0.39, 0.29) is 0 Å². The van der Waals surface area contributed by atoms with Gasteiger partial charge in [0.05, 0.1) is 0 Å². The Hall–Kier alpha value is -2.28. The third kappa shape index (κ3) is 1.16. The van der Waals surface area contributed by atoms with Crippen molar-refractivity contribution in [2.75, 3.05) is 0 Å². The first-order chi connectivity index (χ1) is 8.84. The molecule has 0 unspecified atom stereocenters. The molecule has 0 atom stereocenters. The summed E-state index contributed by atoms with van der Waals surface area (Å²) < 4.78 is 5.89. The summed E-state index contributed by atoms with van der Waals surface area (Å²) in [7, 11) is 0. The molecule has 3 aromatic carbocycles. The van der Waals surface area contributed by atoms with Gasteiger partial charge < -0.3 is 4.42 Å². The van der Waals surface area contributed by atoms with Crippen molar-refractivity contribution in [1.82, 2.24) is 0 Å². The lowest BCUT2D eigenvalue weighted by molar-refractivity contribution is 0.581. The second kappa shape index (κ2) is 3.36. The zero-order valence-electron chi connectivity index (χ0n) is 10.1. The van der Waals surface area contributed by atoms with Crippen molar-refractivity contribution >= 4 is 32.5 Å². The summed E-state index contributed by atoms with van der Waals surface area (Å²) in [5.74, 6) is 0.964. The van der Waals surface area contributed by atoms with E-state index >= 15 is 0 Å². The number of hydrogen-bond donors (Lipinski definition) is 0. The summed E-state index contributed by atoms with van der Waals surface area (Å²) >= 11 is 0. The number of furan rings is 1. The van der Waals surface area contributed by atoms with Crippen molar-refractivity contribution in [3.8, 4) is 0 Å². The molecule has 0 aliphatic rings. The summed E-state index contributed by atoms with van der Waals surface area (Å²) in [6.45, 7) is 2.00. The standard InChI is InChI=1S/C17H12O/c1-11-10-16-14-8-3-2-6-12(14)13-7-4-5-9-15(13)17(16)18-11/h2-10H,1H3. The summed E-state index contributed by atoms with van der Waals surface area (Å²) in [6, 6.07) is 19.1. The first-order valence-electron chi connectivity index (χ1n) is 6.14. The van der Waals surface area contributed by atoms with Crippen molar-refractivity contribution in [2.45, 2.75) is 6.92 Å². The van der Waals surface area contributed by atoms with Gasteiger partial charge in [-0.3, -0.25) is 0 Å². The normalized spacial score (nSPS) is 11.6. The largest absolute Gasteiger partial charge is 0.461 e. The van der Waals surface area contributed by atoms with Crippen LogP contribution in [0.4, 0.5) is 0 Å². The first-order valence-corrected chi connectivity index (χ1v) is 6.14. The molecule has 0 bridgehead atoms. The van der Waals surface area contributed by atoms with E-state index in [1.165, 1.54) is 26.9 Å². The van der Waals surface area contributed by atoms with Crippen molar-refractivity contribution in [2.24, 2.45) is 0 Å². The molecule has 86 valence electrons. The van der Waals surface area contributed by atoms with Crippen LogP contribution in [-0.2, 0) is 0 Å². The number of benzene rings is 3. The van der Waals surface area contributed by atoms with Gasteiger partial charge in [-0.1, -0.05) is 48.5 Å². The predicted molar refractivity (Wildman–Crippen MR) is 76.0 cm³/mol. The van der Waals surface area contributed by atoms with Crippen LogP contribution < -0.4 is 0 Å². The van der Waals surface area contributed by atoms with Crippen molar-refractivity contribution in [1.29, 1.82) is 0 Å². The Morgan fingerprint density at radius 1 is 0.667 bits per heavy atom. The van der Waals surface area contributed by atoms with Gasteiger partial charge in [-0.15, -0.1) is 0 Å². The van der Waals surface area contributed by atoms with E-state index < -0.39 is 0 Å². The molecule has 0 saturated heterocycles. The second-order valence-corrected chi connectivity index (χ2v) is 4.69. The Bertz CT molecular complexity index is 811. The van der Waals surface area contributed by atoms with Gasteiger partial charge in [0, 0.05) is 10.8 Å². The number of hydrogen-bond acceptors (Lipinski definition) is 1. The summed E-state index contributed by atoms with van der Waals surface area (Å²) in [4.78, 5) is 0. The van der Waals surface area contributed by atoms with E-state index in [1.807, 2.05) is 6.92 Å². The monoisotopic (exact) mass is 232 g/mol. The van der Waals surface area contributed by atoms with Crippen molar-refractivity contribution in [3.63, 3.8) is 0 Å². The molecule has 0 radical (unpaired) electrons. The van der Waals surface area contributed by atoms with Crippen LogP contribution in [0.5, 0.6) is 0 Å². The molecule has 0 aliphatic carbocycles. The maximum absolute atomic E-state index is 5.89. The Kier molecular flexibility index (Phi) is 1.81. The molecule has 1 nitrogen and oxygen atoms in total. The molecule has 0 saturated carbocycles. The molecule has 4 rings (SSSR count). The van der Waals surface area contributed by atoms with Crippen LogP contribution in [-0.4, -0.2) is 0 Å². The maximum Gasteiger partial charge on any atom is 0.142 e. The van der Waals surface area contributed by atoms with Crippen LogP contribution in [0, 0.1) is 6.92 Å². The highest BCUT2D eigenvalue weighted by Crippen LogP contribution is 2.36. The third-order valence-corrected chi connectivity index (χ3v) is 3.53. The van der Waals surface area contributed by atoms with Crippen LogP contribution in [0.15, 0.2) is 59.0 Å². The summed E-state index contributed by atoms with van der Waals surface area (Å²) in [5.41, 5.74) is 1.00. The Morgan fingerprint density at radius 2 is 1.17 bits per heavy atom. The van der Waals surface area contributed by atoms with Gasteiger partial charge in [0.1, 0.15) is 11.3 Å². The fourth-order valence-electron chi connectivity index (χ4n) is 2.78. The van der Waals surface area contributed by atoms with Gasteiger partial charge in [0.25, 0.3) is 0 Å². The van der Waals surface area contributed by atoms with E-state index in [4.69, 9.17) is 4.42 Å². The minimum absolute atomic E-state index is 0.964. The average molecular weight is 232 g/mol. The minimum atomic E-state index is 0.964. The molecule has 0 N–H and O–H groups in total. The van der Waals surface area contributed by atoms with Crippen LogP contribution in [0.2, 0.25) is 0 Å². The second-order valence-electron chi connectivity index (χ2n) is 4.69. The van der Waals surface area contributed by atoms with Gasteiger partial charge in [-0.2, -0.15) is 0 Å². The third-order valence-electron chi connectivity index (χ3n) is 3.53. The molecule has 4 aromatic rings. The topological polar surface area (TPSA) is 13.1 Å². The molecule has 0 aliphatic heterocycles. The lowest BCUT2D eigenvalue weighted by Gasteiger charge is -2.05. The Balaban J connectivity index is 2.45. The number of fused-ring (bicyclic) bond motifs is 6. The fraction of sp³-hybridized carbons (Fsp3) is 0.0588. The van der Waals surface area contributed by atoms with Crippen molar-refractivity contribution in [3.05, 3.63) is 60.4 Å². The van der Waals surface area contributed by atoms with Gasteiger partial charge in [-0.25, -0.2) is 0 Å². The van der Waals surface area contributed by atoms with E-state index in [2.05, 4.69) is 54.6 Å². The van der Waals surface area contributed by atoms with Crippen LogP contribution in [0.1, 0.15) is 5.76 Å². The number of aryl methyl sites for hydroxylation is 1. The fourth-order valence-corrected chi connectivity index (χ4v) is 2.78. The number of rotatable bonds is 0. The molecule has 0 fully saturated rings. The lowest BCUT2D eigenvalue weighted by atomic mass is 9.99. The molecule has 1 heteroatoms. The first kappa shape index (κ1) is 9.72. The minimum Gasteiger partial charge on any atom is -0.461 e. The Labute approximate surface area is 105 Å². The predicted octanol–water partition coefficient (Wildman–Crippen LogP) is 5.05. The molecular formula is C17H12O. The quantitative estimate of drug-likeness (QED) is 0.387. The molecule has 0 spiro atoms. The van der Waals surface area contributed by atoms with Crippen LogP contribution in [0.25, 0.3) is 32.5 Å². The smallest absolute Gasteiger partial charge is 0.142 e. The van der Waals surface area contributed by atoms with Gasteiger partial charge in [0.15, 0.2) is 0 Å². The van der Waals surface area contributed by atoms with E-state index in [9.17, 15) is 0 Å². The van der Waals surface area contributed by atoms with Crippen LogP contribution in [0.3, 0.4) is 0 Å². The van der Waals surface area contributed by atoms with Gasteiger partial charge in [-0.05, 0) is 29.1 Å². The molecule has 1 aromatic heterocycles. The molecule has 1 heterocycles. The highest BCUT2D eigenvalue weighted by molar-refractivity contribution is 6.23. The highest BCUT2D eigenvalue weighted by atomic mass is 16.3. The van der Waals surface area contributed by atoms with Crippen molar-refractivity contribution < 1.29 is 4.42 Å². The zero-order valence-corrected chi connectivity index (χ0v) is 10.1. The van der Waals surface area contributed by atoms with Gasteiger partial charge in [0.2, 0.25) is 0 Å². The van der Waals surface area contributed by atoms with Gasteiger partial charge >= 0.3 is 0 Å². The van der Waals surface area contributed by atoms with E-state index in [0.29, 0.717) is 0 Å². The highest BCUT2D eigenvalue weighted by Gasteiger charge is 2.10.